The fourth-order valence-corrected chi connectivity index (χ4v) is 2.82. The van der Waals surface area contributed by atoms with Crippen LogP contribution in [-0.4, -0.2) is 11.5 Å². The maximum absolute atomic E-state index is 4.71. The van der Waals surface area contributed by atoms with Crippen molar-refractivity contribution in [1.29, 1.82) is 0 Å². The molecule has 0 bridgehead atoms. The van der Waals surface area contributed by atoms with Crippen molar-refractivity contribution in [2.24, 2.45) is 0 Å². The van der Waals surface area contributed by atoms with Crippen LogP contribution in [0.5, 0.6) is 0 Å². The van der Waals surface area contributed by atoms with Gasteiger partial charge in [-0.1, -0.05) is 36.8 Å². The van der Waals surface area contributed by atoms with Crippen molar-refractivity contribution in [1.82, 2.24) is 10.3 Å². The predicted octanol–water partition coefficient (Wildman–Crippen LogP) is 4.40. The minimum Gasteiger partial charge on any atom is -0.305 e. The molecule has 2 rings (SSSR count). The van der Waals surface area contributed by atoms with Crippen molar-refractivity contribution in [3.05, 3.63) is 64.0 Å². The molecule has 1 N–H and O–H groups in total. The summed E-state index contributed by atoms with van der Waals surface area (Å²) < 4.78 is 0. The van der Waals surface area contributed by atoms with Gasteiger partial charge in [0.05, 0.1) is 11.7 Å². The van der Waals surface area contributed by atoms with Gasteiger partial charge in [0, 0.05) is 6.20 Å². The van der Waals surface area contributed by atoms with Crippen molar-refractivity contribution >= 4 is 0 Å². The SMILES string of the molecule is CCCNC(c1ccc(C)cc1C)c1ncc(C)cc1C. The zero-order valence-electron chi connectivity index (χ0n) is 13.8. The molecule has 0 saturated heterocycles. The smallest absolute Gasteiger partial charge is 0.0756 e. The van der Waals surface area contributed by atoms with E-state index in [1.54, 1.807) is 0 Å². The average Bonchev–Trinajstić information content (AvgIpc) is 2.42. The second-order valence-corrected chi connectivity index (χ2v) is 5.96. The Morgan fingerprint density at radius 1 is 1.00 bits per heavy atom. The minimum absolute atomic E-state index is 0.172. The summed E-state index contributed by atoms with van der Waals surface area (Å²) in [4.78, 5) is 4.71. The van der Waals surface area contributed by atoms with Gasteiger partial charge in [-0.2, -0.15) is 0 Å². The Morgan fingerprint density at radius 2 is 1.71 bits per heavy atom. The molecule has 0 radical (unpaired) electrons. The number of aryl methyl sites for hydroxylation is 4. The first-order valence-electron chi connectivity index (χ1n) is 7.76. The number of nitrogens with one attached hydrogen (secondary N) is 1. The van der Waals surface area contributed by atoms with E-state index >= 15 is 0 Å². The quantitative estimate of drug-likeness (QED) is 0.879. The average molecular weight is 282 g/mol. The Labute approximate surface area is 128 Å². The molecule has 2 aromatic rings. The maximum Gasteiger partial charge on any atom is 0.0756 e. The summed E-state index contributed by atoms with van der Waals surface area (Å²) in [5.74, 6) is 0. The van der Waals surface area contributed by atoms with Gasteiger partial charge >= 0.3 is 0 Å². The van der Waals surface area contributed by atoms with Crippen molar-refractivity contribution in [2.75, 3.05) is 6.54 Å². The first-order valence-corrected chi connectivity index (χ1v) is 7.76. The molecule has 0 fully saturated rings. The third-order valence-electron chi connectivity index (χ3n) is 3.86. The Balaban J connectivity index is 2.46. The largest absolute Gasteiger partial charge is 0.305 e. The van der Waals surface area contributed by atoms with Gasteiger partial charge in [-0.15, -0.1) is 0 Å². The third-order valence-corrected chi connectivity index (χ3v) is 3.86. The highest BCUT2D eigenvalue weighted by Gasteiger charge is 2.18. The fourth-order valence-electron chi connectivity index (χ4n) is 2.82. The molecule has 2 heteroatoms. The number of rotatable bonds is 5. The third kappa shape index (κ3) is 3.70. The minimum atomic E-state index is 0.172. The molecule has 0 aliphatic rings. The molecule has 1 aromatic carbocycles. The number of hydrogen-bond donors (Lipinski definition) is 1. The lowest BCUT2D eigenvalue weighted by Gasteiger charge is -2.22. The first kappa shape index (κ1) is 15.7. The summed E-state index contributed by atoms with van der Waals surface area (Å²) in [6, 6.07) is 9.06. The Morgan fingerprint density at radius 3 is 2.33 bits per heavy atom. The van der Waals surface area contributed by atoms with E-state index in [4.69, 9.17) is 4.98 Å². The Bertz CT molecular complexity index is 565. The van der Waals surface area contributed by atoms with Gasteiger partial charge in [0.2, 0.25) is 0 Å². The molecule has 0 aliphatic heterocycles. The molecular weight excluding hydrogens is 256 g/mol. The number of hydrogen-bond acceptors (Lipinski definition) is 2. The number of benzene rings is 1. The van der Waals surface area contributed by atoms with E-state index < -0.39 is 0 Å². The lowest BCUT2D eigenvalue weighted by Crippen LogP contribution is -2.25. The molecule has 0 aliphatic carbocycles. The van der Waals surface area contributed by atoms with Crippen LogP contribution in [0.15, 0.2) is 30.5 Å². The second kappa shape index (κ2) is 6.86. The lowest BCUT2D eigenvalue weighted by atomic mass is 9.94. The summed E-state index contributed by atoms with van der Waals surface area (Å²) >= 11 is 0. The van der Waals surface area contributed by atoms with Crippen LogP contribution in [0.3, 0.4) is 0 Å². The number of nitrogens with zero attached hydrogens (tertiary/aromatic N) is 1. The van der Waals surface area contributed by atoms with Gasteiger partial charge in [-0.05, 0) is 62.9 Å². The topological polar surface area (TPSA) is 24.9 Å². The Kier molecular flexibility index (Phi) is 5.13. The van der Waals surface area contributed by atoms with Crippen LogP contribution in [0.2, 0.25) is 0 Å². The van der Waals surface area contributed by atoms with Crippen molar-refractivity contribution in [3.8, 4) is 0 Å². The van der Waals surface area contributed by atoms with Crippen molar-refractivity contribution < 1.29 is 0 Å². The summed E-state index contributed by atoms with van der Waals surface area (Å²) in [5.41, 5.74) is 7.56. The van der Waals surface area contributed by atoms with E-state index in [-0.39, 0.29) is 6.04 Å². The van der Waals surface area contributed by atoms with E-state index in [2.05, 4.69) is 64.2 Å². The van der Waals surface area contributed by atoms with Crippen LogP contribution in [0.4, 0.5) is 0 Å². The molecule has 1 heterocycles. The first-order chi connectivity index (χ1) is 10.0. The summed E-state index contributed by atoms with van der Waals surface area (Å²) in [5, 5.41) is 3.66. The van der Waals surface area contributed by atoms with Crippen LogP contribution in [-0.2, 0) is 0 Å². The van der Waals surface area contributed by atoms with Gasteiger partial charge in [-0.3, -0.25) is 4.98 Å². The van der Waals surface area contributed by atoms with E-state index in [0.717, 1.165) is 18.7 Å². The fraction of sp³-hybridized carbons (Fsp3) is 0.421. The summed E-state index contributed by atoms with van der Waals surface area (Å²) in [6.07, 6.45) is 3.08. The van der Waals surface area contributed by atoms with Crippen LogP contribution in [0, 0.1) is 27.7 Å². The molecule has 21 heavy (non-hydrogen) atoms. The van der Waals surface area contributed by atoms with E-state index in [1.807, 2.05) is 6.20 Å². The molecule has 112 valence electrons. The van der Waals surface area contributed by atoms with Gasteiger partial charge in [0.25, 0.3) is 0 Å². The standard InChI is InChI=1S/C19H26N2/c1-6-9-20-19(17-8-7-13(2)10-15(17)4)18-16(5)11-14(3)12-21-18/h7-8,10-12,19-20H,6,9H2,1-5H3. The molecular formula is C19H26N2. The van der Waals surface area contributed by atoms with E-state index in [9.17, 15) is 0 Å². The number of aromatic nitrogens is 1. The summed E-state index contributed by atoms with van der Waals surface area (Å²) in [7, 11) is 0. The molecule has 0 spiro atoms. The maximum atomic E-state index is 4.71. The zero-order chi connectivity index (χ0) is 15.4. The van der Waals surface area contributed by atoms with Gasteiger partial charge in [-0.25, -0.2) is 0 Å². The summed E-state index contributed by atoms with van der Waals surface area (Å²) in [6.45, 7) is 11.8. The molecule has 0 saturated carbocycles. The normalized spacial score (nSPS) is 12.4. The van der Waals surface area contributed by atoms with Gasteiger partial charge < -0.3 is 5.32 Å². The second-order valence-electron chi connectivity index (χ2n) is 5.96. The predicted molar refractivity (Wildman–Crippen MR) is 89.8 cm³/mol. The number of pyridine rings is 1. The zero-order valence-corrected chi connectivity index (χ0v) is 13.8. The molecule has 2 nitrogen and oxygen atoms in total. The monoisotopic (exact) mass is 282 g/mol. The van der Waals surface area contributed by atoms with Crippen LogP contribution in [0.25, 0.3) is 0 Å². The lowest BCUT2D eigenvalue weighted by molar-refractivity contribution is 0.581. The van der Waals surface area contributed by atoms with Crippen molar-refractivity contribution in [3.63, 3.8) is 0 Å². The van der Waals surface area contributed by atoms with E-state index in [0.29, 0.717) is 0 Å². The van der Waals surface area contributed by atoms with Gasteiger partial charge in [0.15, 0.2) is 0 Å². The van der Waals surface area contributed by atoms with Crippen LogP contribution < -0.4 is 5.32 Å². The van der Waals surface area contributed by atoms with Gasteiger partial charge in [0.1, 0.15) is 0 Å². The highest BCUT2D eigenvalue weighted by atomic mass is 14.9. The van der Waals surface area contributed by atoms with Crippen LogP contribution in [0.1, 0.15) is 52.9 Å². The van der Waals surface area contributed by atoms with Crippen molar-refractivity contribution in [2.45, 2.75) is 47.1 Å². The molecule has 1 aromatic heterocycles. The Hall–Kier alpha value is -1.67. The highest BCUT2D eigenvalue weighted by molar-refractivity contribution is 5.39. The molecule has 1 unspecified atom stereocenters. The molecule has 1 atom stereocenters. The highest BCUT2D eigenvalue weighted by Crippen LogP contribution is 2.26. The molecule has 0 amide bonds. The van der Waals surface area contributed by atoms with Crippen LogP contribution >= 0.6 is 0 Å². The van der Waals surface area contributed by atoms with E-state index in [1.165, 1.54) is 27.8 Å².